The molecule has 1 unspecified atom stereocenters. The van der Waals surface area contributed by atoms with Crippen LogP contribution in [0.25, 0.3) is 0 Å². The monoisotopic (exact) mass is 327 g/mol. The smallest absolute Gasteiger partial charge is 0.339 e. The second kappa shape index (κ2) is 6.15. The second-order valence-electron chi connectivity index (χ2n) is 6.08. The predicted octanol–water partition coefficient (Wildman–Crippen LogP) is 3.40. The topological polar surface area (TPSA) is 66.8 Å². The van der Waals surface area contributed by atoms with E-state index in [4.69, 9.17) is 4.74 Å². The average molecular weight is 327 g/mol. The van der Waals surface area contributed by atoms with Crippen molar-refractivity contribution in [2.75, 3.05) is 6.61 Å². The molecule has 1 atom stereocenters. The van der Waals surface area contributed by atoms with Crippen LogP contribution in [0.4, 0.5) is 0 Å². The zero-order chi connectivity index (χ0) is 17.3. The van der Waals surface area contributed by atoms with E-state index in [-0.39, 0.29) is 22.8 Å². The van der Waals surface area contributed by atoms with Crippen LogP contribution in [0, 0.1) is 0 Å². The van der Waals surface area contributed by atoms with E-state index in [0.29, 0.717) is 18.7 Å². The first-order valence-electron chi connectivity index (χ1n) is 8.21. The van der Waals surface area contributed by atoms with Crippen LogP contribution in [0.3, 0.4) is 0 Å². The predicted molar refractivity (Wildman–Crippen MR) is 90.4 cm³/mol. The van der Waals surface area contributed by atoms with Crippen molar-refractivity contribution in [1.82, 2.24) is 4.90 Å². The highest BCUT2D eigenvalue weighted by molar-refractivity contribution is 6.02. The van der Waals surface area contributed by atoms with E-state index in [1.54, 1.807) is 19.1 Å². The number of allylic oxidation sites excluding steroid dienone is 2. The lowest BCUT2D eigenvalue weighted by Crippen LogP contribution is -2.47. The molecule has 0 saturated carbocycles. The van der Waals surface area contributed by atoms with Crippen LogP contribution < -0.4 is 4.74 Å². The van der Waals surface area contributed by atoms with Crippen LogP contribution in [-0.4, -0.2) is 34.0 Å². The normalized spacial score (nSPS) is 21.9. The van der Waals surface area contributed by atoms with Gasteiger partial charge in [0.25, 0.3) is 5.91 Å². The molecule has 1 heterocycles. The first-order valence-corrected chi connectivity index (χ1v) is 8.21. The number of ether oxygens (including phenoxy) is 1. The van der Waals surface area contributed by atoms with E-state index < -0.39 is 5.97 Å². The van der Waals surface area contributed by atoms with Gasteiger partial charge in [-0.1, -0.05) is 31.2 Å². The number of fused-ring (bicyclic) bond motifs is 1. The standard InChI is InChI=1S/C19H21NO4/c1-3-19(8-6-5-7-9-19)20-12-13-10-15(18(22)23)16(24-4-2)11-14(13)17(20)21/h5-8,10-11H,3-4,9,12H2,1-2H3,(H,22,23). The molecule has 3 rings (SSSR count). The van der Waals surface area contributed by atoms with Crippen molar-refractivity contribution in [1.29, 1.82) is 0 Å². The van der Waals surface area contributed by atoms with Crippen molar-refractivity contribution in [3.05, 3.63) is 53.1 Å². The summed E-state index contributed by atoms with van der Waals surface area (Å²) in [4.78, 5) is 26.3. The lowest BCUT2D eigenvalue weighted by atomic mass is 9.86. The first-order chi connectivity index (χ1) is 11.5. The van der Waals surface area contributed by atoms with E-state index in [1.165, 1.54) is 0 Å². The summed E-state index contributed by atoms with van der Waals surface area (Å²) in [5.41, 5.74) is 1.05. The number of carboxylic acid groups (broad SMARTS) is 1. The number of benzene rings is 1. The molecule has 5 heteroatoms. The Morgan fingerprint density at radius 1 is 1.33 bits per heavy atom. The lowest BCUT2D eigenvalue weighted by molar-refractivity contribution is 0.0588. The summed E-state index contributed by atoms with van der Waals surface area (Å²) in [7, 11) is 0. The Bertz CT molecular complexity index is 750. The third kappa shape index (κ3) is 2.50. The number of carbonyl (C=O) groups is 2. The fourth-order valence-corrected chi connectivity index (χ4v) is 3.45. The molecule has 0 radical (unpaired) electrons. The van der Waals surface area contributed by atoms with E-state index in [2.05, 4.69) is 19.1 Å². The molecular weight excluding hydrogens is 306 g/mol. The van der Waals surface area contributed by atoms with Gasteiger partial charge in [-0.3, -0.25) is 4.79 Å². The third-order valence-electron chi connectivity index (χ3n) is 4.81. The van der Waals surface area contributed by atoms with Gasteiger partial charge in [0.1, 0.15) is 11.3 Å². The van der Waals surface area contributed by atoms with Gasteiger partial charge in [-0.15, -0.1) is 0 Å². The summed E-state index contributed by atoms with van der Waals surface area (Å²) in [5, 5.41) is 9.40. The molecular formula is C19H21NO4. The van der Waals surface area contributed by atoms with Gasteiger partial charge in [0.2, 0.25) is 0 Å². The van der Waals surface area contributed by atoms with Crippen molar-refractivity contribution in [2.24, 2.45) is 0 Å². The van der Waals surface area contributed by atoms with Gasteiger partial charge in [0.05, 0.1) is 12.1 Å². The molecule has 1 aromatic rings. The molecule has 0 fully saturated rings. The van der Waals surface area contributed by atoms with Crippen molar-refractivity contribution in [2.45, 2.75) is 38.8 Å². The highest BCUT2D eigenvalue weighted by atomic mass is 16.5. The Morgan fingerprint density at radius 2 is 2.12 bits per heavy atom. The zero-order valence-electron chi connectivity index (χ0n) is 13.9. The molecule has 5 nitrogen and oxygen atoms in total. The second-order valence-corrected chi connectivity index (χ2v) is 6.08. The van der Waals surface area contributed by atoms with E-state index in [9.17, 15) is 14.7 Å². The minimum atomic E-state index is -1.04. The van der Waals surface area contributed by atoms with E-state index >= 15 is 0 Å². The molecule has 126 valence electrons. The van der Waals surface area contributed by atoms with Crippen LogP contribution in [0.15, 0.2) is 36.4 Å². The number of hydrogen-bond acceptors (Lipinski definition) is 3. The molecule has 2 aliphatic rings. The number of carbonyl (C=O) groups excluding carboxylic acids is 1. The van der Waals surface area contributed by atoms with Crippen molar-refractivity contribution in [3.63, 3.8) is 0 Å². The Morgan fingerprint density at radius 3 is 2.71 bits per heavy atom. The minimum absolute atomic E-state index is 0.0651. The van der Waals surface area contributed by atoms with Crippen LogP contribution in [0.2, 0.25) is 0 Å². The van der Waals surface area contributed by atoms with Gasteiger partial charge in [-0.25, -0.2) is 4.79 Å². The molecule has 1 amide bonds. The fourth-order valence-electron chi connectivity index (χ4n) is 3.45. The largest absolute Gasteiger partial charge is 0.493 e. The summed E-state index contributed by atoms with van der Waals surface area (Å²) in [5.74, 6) is -0.855. The lowest BCUT2D eigenvalue weighted by Gasteiger charge is -2.39. The quantitative estimate of drug-likeness (QED) is 0.900. The van der Waals surface area contributed by atoms with Crippen LogP contribution >= 0.6 is 0 Å². The first kappa shape index (κ1) is 16.3. The molecule has 0 bridgehead atoms. The van der Waals surface area contributed by atoms with Gasteiger partial charge in [0, 0.05) is 12.1 Å². The van der Waals surface area contributed by atoms with Gasteiger partial charge in [-0.05, 0) is 37.5 Å². The fraction of sp³-hybridized carbons (Fsp3) is 0.368. The summed E-state index contributed by atoms with van der Waals surface area (Å²) < 4.78 is 5.43. The van der Waals surface area contributed by atoms with Crippen molar-refractivity contribution < 1.29 is 19.4 Å². The third-order valence-corrected chi connectivity index (χ3v) is 4.81. The Hall–Kier alpha value is -2.56. The number of amides is 1. The maximum Gasteiger partial charge on any atom is 0.339 e. The Balaban J connectivity index is 2.02. The number of aromatic carboxylic acids is 1. The number of hydrogen-bond donors (Lipinski definition) is 1. The van der Waals surface area contributed by atoms with Gasteiger partial charge in [0.15, 0.2) is 0 Å². The average Bonchev–Trinajstić information content (AvgIpc) is 2.92. The maximum atomic E-state index is 13.0. The van der Waals surface area contributed by atoms with E-state index in [1.807, 2.05) is 17.1 Å². The molecule has 1 aromatic carbocycles. The van der Waals surface area contributed by atoms with Gasteiger partial charge in [-0.2, -0.15) is 0 Å². The Kier molecular flexibility index (Phi) is 4.18. The number of carboxylic acids is 1. The summed E-state index contributed by atoms with van der Waals surface area (Å²) in [6.07, 6.45) is 9.66. The van der Waals surface area contributed by atoms with Crippen molar-refractivity contribution >= 4 is 11.9 Å². The maximum absolute atomic E-state index is 13.0. The van der Waals surface area contributed by atoms with Crippen LogP contribution in [0.5, 0.6) is 5.75 Å². The van der Waals surface area contributed by atoms with Gasteiger partial charge >= 0.3 is 5.97 Å². The Labute approximate surface area is 141 Å². The molecule has 0 spiro atoms. The van der Waals surface area contributed by atoms with Gasteiger partial charge < -0.3 is 14.7 Å². The minimum Gasteiger partial charge on any atom is -0.493 e. The SMILES string of the molecule is CCOc1cc2c(cc1C(=O)O)CN(C1(CC)C=CC=CC1)C2=O. The summed E-state index contributed by atoms with van der Waals surface area (Å²) >= 11 is 0. The molecule has 0 aromatic heterocycles. The summed E-state index contributed by atoms with van der Waals surface area (Å²) in [6.45, 7) is 4.63. The van der Waals surface area contributed by atoms with Crippen LogP contribution in [-0.2, 0) is 6.54 Å². The molecule has 1 aliphatic heterocycles. The molecule has 24 heavy (non-hydrogen) atoms. The number of rotatable bonds is 5. The summed E-state index contributed by atoms with van der Waals surface area (Å²) in [6, 6.07) is 3.16. The van der Waals surface area contributed by atoms with Crippen molar-refractivity contribution in [3.8, 4) is 5.75 Å². The highest BCUT2D eigenvalue weighted by Gasteiger charge is 2.41. The molecule has 1 N–H and O–H groups in total. The highest BCUT2D eigenvalue weighted by Crippen LogP contribution is 2.38. The van der Waals surface area contributed by atoms with Crippen LogP contribution in [0.1, 0.15) is 53.0 Å². The zero-order valence-corrected chi connectivity index (χ0v) is 13.9. The number of nitrogens with zero attached hydrogens (tertiary/aromatic N) is 1. The van der Waals surface area contributed by atoms with E-state index in [0.717, 1.165) is 18.4 Å². The molecule has 0 saturated heterocycles. The molecule has 1 aliphatic carbocycles.